The highest BCUT2D eigenvalue weighted by Crippen LogP contribution is 2.31. The zero-order valence-electron chi connectivity index (χ0n) is 12.4. The van der Waals surface area contributed by atoms with Gasteiger partial charge in [0.25, 0.3) is 11.6 Å². The molecule has 2 heterocycles. The van der Waals surface area contributed by atoms with Crippen LogP contribution in [0.1, 0.15) is 23.5 Å². The highest BCUT2D eigenvalue weighted by Gasteiger charge is 2.35. The smallest absolute Gasteiger partial charge is 0.270 e. The Morgan fingerprint density at radius 2 is 2.18 bits per heavy atom. The summed E-state index contributed by atoms with van der Waals surface area (Å²) in [6.07, 6.45) is 0. The van der Waals surface area contributed by atoms with Gasteiger partial charge >= 0.3 is 0 Å². The zero-order chi connectivity index (χ0) is 15.9. The molecular weight excluding hydrogens is 304 g/mol. The molecule has 0 saturated carbocycles. The predicted molar refractivity (Wildman–Crippen MR) is 84.4 cm³/mol. The first-order valence-corrected chi connectivity index (χ1v) is 7.78. The highest BCUT2D eigenvalue weighted by molar-refractivity contribution is 7.20. The van der Waals surface area contributed by atoms with Gasteiger partial charge in [0, 0.05) is 28.8 Å². The molecule has 6 nitrogen and oxygen atoms in total. The monoisotopic (exact) mass is 320 g/mol. The van der Waals surface area contributed by atoms with Crippen molar-refractivity contribution < 1.29 is 14.5 Å². The second-order valence-corrected chi connectivity index (χ2v) is 7.00. The number of nitrogens with zero attached hydrogens (tertiary/aromatic N) is 2. The Morgan fingerprint density at radius 3 is 2.86 bits per heavy atom. The maximum atomic E-state index is 12.8. The van der Waals surface area contributed by atoms with E-state index in [1.807, 2.05) is 18.7 Å². The van der Waals surface area contributed by atoms with E-state index in [1.54, 1.807) is 12.1 Å². The number of ether oxygens (including phenoxy) is 1. The quantitative estimate of drug-likeness (QED) is 0.630. The van der Waals surface area contributed by atoms with E-state index in [1.165, 1.54) is 23.5 Å². The van der Waals surface area contributed by atoms with E-state index in [-0.39, 0.29) is 17.1 Å². The standard InChI is InChI=1S/C15H16N2O4S/c1-15(2)9-21-6-5-16(15)14(18)13-8-10-7-11(17(19)20)3-4-12(10)22-13/h3-4,7-8H,5-6,9H2,1-2H3. The number of carbonyl (C=O) groups is 1. The van der Waals surface area contributed by atoms with Crippen LogP contribution in [0.5, 0.6) is 0 Å². The van der Waals surface area contributed by atoms with Gasteiger partial charge in [0.05, 0.1) is 28.6 Å². The number of morpholine rings is 1. The normalized spacial score (nSPS) is 17.6. The van der Waals surface area contributed by atoms with Gasteiger partial charge < -0.3 is 9.64 Å². The summed E-state index contributed by atoms with van der Waals surface area (Å²) < 4.78 is 6.31. The number of non-ortho nitro benzene ring substituents is 1. The summed E-state index contributed by atoms with van der Waals surface area (Å²) in [4.78, 5) is 25.6. The molecule has 2 aromatic rings. The molecule has 0 atom stereocenters. The van der Waals surface area contributed by atoms with Crippen LogP contribution in [-0.2, 0) is 4.74 Å². The lowest BCUT2D eigenvalue weighted by Gasteiger charge is -2.41. The predicted octanol–water partition coefficient (Wildman–Crippen LogP) is 3.06. The van der Waals surface area contributed by atoms with E-state index in [0.717, 1.165) is 10.1 Å². The molecule has 1 aromatic carbocycles. The number of nitro benzene ring substituents is 1. The van der Waals surface area contributed by atoms with Crippen molar-refractivity contribution in [2.24, 2.45) is 0 Å². The molecule has 0 bridgehead atoms. The van der Waals surface area contributed by atoms with E-state index in [2.05, 4.69) is 0 Å². The number of fused-ring (bicyclic) bond motifs is 1. The van der Waals surface area contributed by atoms with Gasteiger partial charge in [-0.2, -0.15) is 0 Å². The van der Waals surface area contributed by atoms with Crippen LogP contribution in [-0.4, -0.2) is 41.0 Å². The number of hydrogen-bond acceptors (Lipinski definition) is 5. The molecule has 22 heavy (non-hydrogen) atoms. The minimum absolute atomic E-state index is 0.0380. The van der Waals surface area contributed by atoms with Crippen molar-refractivity contribution >= 4 is 33.0 Å². The molecule has 0 radical (unpaired) electrons. The van der Waals surface area contributed by atoms with Gasteiger partial charge in [-0.05, 0) is 26.0 Å². The first-order chi connectivity index (χ1) is 10.4. The largest absolute Gasteiger partial charge is 0.377 e. The van der Waals surface area contributed by atoms with Gasteiger partial charge in [-0.3, -0.25) is 14.9 Å². The Bertz CT molecular complexity index is 753. The van der Waals surface area contributed by atoms with E-state index in [9.17, 15) is 14.9 Å². The van der Waals surface area contributed by atoms with Crippen molar-refractivity contribution in [1.29, 1.82) is 0 Å². The third-order valence-corrected chi connectivity index (χ3v) is 4.92. The second kappa shape index (κ2) is 5.33. The first-order valence-electron chi connectivity index (χ1n) is 6.96. The Balaban J connectivity index is 1.95. The number of amides is 1. The number of hydrogen-bond donors (Lipinski definition) is 0. The fraction of sp³-hybridized carbons (Fsp3) is 0.400. The number of carbonyl (C=O) groups excluding carboxylic acids is 1. The molecule has 1 aromatic heterocycles. The molecule has 0 aliphatic carbocycles. The summed E-state index contributed by atoms with van der Waals surface area (Å²) in [5.74, 6) is -0.0443. The molecular formula is C15H16N2O4S. The van der Waals surface area contributed by atoms with Crippen molar-refractivity contribution in [3.8, 4) is 0 Å². The Labute approximate surface area is 131 Å². The molecule has 116 valence electrons. The molecule has 1 aliphatic heterocycles. The lowest BCUT2D eigenvalue weighted by Crippen LogP contribution is -2.55. The van der Waals surface area contributed by atoms with Crippen molar-refractivity contribution in [3.63, 3.8) is 0 Å². The fourth-order valence-electron chi connectivity index (χ4n) is 2.62. The molecule has 0 spiro atoms. The molecule has 1 fully saturated rings. The third kappa shape index (κ3) is 2.57. The van der Waals surface area contributed by atoms with Crippen molar-refractivity contribution in [3.05, 3.63) is 39.3 Å². The van der Waals surface area contributed by atoms with Crippen LogP contribution in [0.4, 0.5) is 5.69 Å². The average Bonchev–Trinajstić information content (AvgIpc) is 2.89. The van der Waals surface area contributed by atoms with Gasteiger partial charge in [0.1, 0.15) is 0 Å². The maximum absolute atomic E-state index is 12.8. The van der Waals surface area contributed by atoms with Crippen LogP contribution >= 0.6 is 11.3 Å². The Kier molecular flexibility index (Phi) is 3.62. The summed E-state index contributed by atoms with van der Waals surface area (Å²) in [6, 6.07) is 6.40. The molecule has 7 heteroatoms. The summed E-state index contributed by atoms with van der Waals surface area (Å²) in [5, 5.41) is 11.6. The number of thiophene rings is 1. The van der Waals surface area contributed by atoms with Gasteiger partial charge in [0.15, 0.2) is 0 Å². The van der Waals surface area contributed by atoms with E-state index in [4.69, 9.17) is 4.74 Å². The minimum atomic E-state index is -0.427. The van der Waals surface area contributed by atoms with E-state index in [0.29, 0.717) is 24.6 Å². The number of nitro groups is 1. The topological polar surface area (TPSA) is 72.7 Å². The number of benzene rings is 1. The molecule has 1 amide bonds. The van der Waals surface area contributed by atoms with Gasteiger partial charge in [0.2, 0.25) is 0 Å². The molecule has 1 saturated heterocycles. The van der Waals surface area contributed by atoms with Gasteiger partial charge in [-0.25, -0.2) is 0 Å². The summed E-state index contributed by atoms with van der Waals surface area (Å²) in [5.41, 5.74) is -0.312. The summed E-state index contributed by atoms with van der Waals surface area (Å²) in [7, 11) is 0. The molecule has 1 aliphatic rings. The first kappa shape index (κ1) is 14.9. The highest BCUT2D eigenvalue weighted by atomic mass is 32.1. The van der Waals surface area contributed by atoms with Crippen molar-refractivity contribution in [1.82, 2.24) is 4.90 Å². The minimum Gasteiger partial charge on any atom is -0.377 e. The van der Waals surface area contributed by atoms with Crippen LogP contribution in [0.2, 0.25) is 0 Å². The van der Waals surface area contributed by atoms with Gasteiger partial charge in [-0.15, -0.1) is 11.3 Å². The zero-order valence-corrected chi connectivity index (χ0v) is 13.2. The molecule has 0 unspecified atom stereocenters. The van der Waals surface area contributed by atoms with Crippen LogP contribution in [0.15, 0.2) is 24.3 Å². The van der Waals surface area contributed by atoms with Crippen molar-refractivity contribution in [2.45, 2.75) is 19.4 Å². The molecule has 0 N–H and O–H groups in total. The van der Waals surface area contributed by atoms with E-state index >= 15 is 0 Å². The molecule has 3 rings (SSSR count). The Morgan fingerprint density at radius 1 is 1.41 bits per heavy atom. The van der Waals surface area contributed by atoms with Crippen molar-refractivity contribution in [2.75, 3.05) is 19.8 Å². The average molecular weight is 320 g/mol. The van der Waals surface area contributed by atoms with Crippen LogP contribution in [0.3, 0.4) is 0 Å². The van der Waals surface area contributed by atoms with Crippen LogP contribution < -0.4 is 0 Å². The number of rotatable bonds is 2. The Hall–Kier alpha value is -1.99. The summed E-state index contributed by atoms with van der Waals surface area (Å²) >= 11 is 1.37. The lowest BCUT2D eigenvalue weighted by atomic mass is 10.0. The summed E-state index contributed by atoms with van der Waals surface area (Å²) in [6.45, 7) is 5.55. The fourth-order valence-corrected chi connectivity index (χ4v) is 3.61. The third-order valence-electron chi connectivity index (χ3n) is 3.81. The SMILES string of the molecule is CC1(C)COCCN1C(=O)c1cc2cc([N+](=O)[O-])ccc2s1. The second-order valence-electron chi connectivity index (χ2n) is 5.91. The van der Waals surface area contributed by atoms with Gasteiger partial charge in [-0.1, -0.05) is 0 Å². The maximum Gasteiger partial charge on any atom is 0.270 e. The van der Waals surface area contributed by atoms with E-state index < -0.39 is 4.92 Å². The lowest BCUT2D eigenvalue weighted by molar-refractivity contribution is -0.384. The van der Waals surface area contributed by atoms with Crippen LogP contribution in [0, 0.1) is 10.1 Å². The van der Waals surface area contributed by atoms with Crippen LogP contribution in [0.25, 0.3) is 10.1 Å².